The highest BCUT2D eigenvalue weighted by molar-refractivity contribution is 5.95. The summed E-state index contributed by atoms with van der Waals surface area (Å²) in [6.07, 6.45) is 0.403. The zero-order chi connectivity index (χ0) is 26.2. The number of methoxy groups -OCH3 is 1. The van der Waals surface area contributed by atoms with E-state index in [1.165, 1.54) is 19.1 Å². The zero-order valence-corrected chi connectivity index (χ0v) is 20.7. The fraction of sp³-hybridized carbons (Fsp3) is 0.542. The van der Waals surface area contributed by atoms with Crippen LogP contribution in [0, 0.1) is 6.92 Å². The second-order valence-corrected chi connectivity index (χ2v) is 8.45. The Morgan fingerprint density at radius 3 is 2.57 bits per heavy atom. The summed E-state index contributed by atoms with van der Waals surface area (Å²) in [5.41, 5.74) is 1.85. The average Bonchev–Trinajstić information content (AvgIpc) is 2.75. The molecule has 35 heavy (non-hydrogen) atoms. The van der Waals surface area contributed by atoms with Gasteiger partial charge >= 0.3 is 6.18 Å². The minimum atomic E-state index is -4.47. The number of aryl methyl sites for hydroxylation is 1. The molecule has 2 amide bonds. The molecule has 11 heteroatoms. The van der Waals surface area contributed by atoms with E-state index < -0.39 is 24.9 Å². The van der Waals surface area contributed by atoms with Gasteiger partial charge in [-0.05, 0) is 63.0 Å². The first-order valence-electron chi connectivity index (χ1n) is 11.3. The number of hydrogen-bond donors (Lipinski definition) is 2. The predicted molar refractivity (Wildman–Crippen MR) is 125 cm³/mol. The Labute approximate surface area is 203 Å². The topological polar surface area (TPSA) is 92.8 Å². The fourth-order valence-corrected chi connectivity index (χ4v) is 3.77. The first-order chi connectivity index (χ1) is 16.4. The number of alkyl halides is 3. The molecule has 0 spiro atoms. The molecule has 1 aliphatic heterocycles. The van der Waals surface area contributed by atoms with E-state index in [1.807, 2.05) is 6.07 Å². The maximum absolute atomic E-state index is 13.2. The summed E-state index contributed by atoms with van der Waals surface area (Å²) >= 11 is 0. The van der Waals surface area contributed by atoms with Gasteiger partial charge in [0, 0.05) is 39.0 Å². The number of nitrogens with zero attached hydrogens (tertiary/aromatic N) is 2. The van der Waals surface area contributed by atoms with E-state index in [0.717, 1.165) is 12.0 Å². The number of hydrogen-bond acceptors (Lipinski definition) is 6. The highest BCUT2D eigenvalue weighted by atomic mass is 19.4. The van der Waals surface area contributed by atoms with E-state index in [-0.39, 0.29) is 17.7 Å². The Bertz CT molecular complexity index is 963. The smallest absolute Gasteiger partial charge is 0.422 e. The normalized spacial score (nSPS) is 16.8. The Hall–Kier alpha value is -3.08. The van der Waals surface area contributed by atoms with E-state index in [2.05, 4.69) is 15.6 Å². The molecule has 8 nitrogen and oxygen atoms in total. The van der Waals surface area contributed by atoms with Gasteiger partial charge in [0.1, 0.15) is 5.82 Å². The van der Waals surface area contributed by atoms with Crippen molar-refractivity contribution < 1.29 is 32.2 Å². The zero-order valence-electron chi connectivity index (χ0n) is 20.7. The van der Waals surface area contributed by atoms with E-state index in [0.29, 0.717) is 36.5 Å². The lowest BCUT2D eigenvalue weighted by Gasteiger charge is -2.35. The van der Waals surface area contributed by atoms with Gasteiger partial charge in [0.25, 0.3) is 0 Å². The molecule has 2 N–H and O–H groups in total. The number of allylic oxidation sites excluding steroid dienone is 2. The molecule has 2 unspecified atom stereocenters. The van der Waals surface area contributed by atoms with E-state index in [4.69, 9.17) is 9.47 Å². The van der Waals surface area contributed by atoms with Crippen LogP contribution < -0.4 is 10.6 Å². The number of ether oxygens (including phenoxy) is 2. The van der Waals surface area contributed by atoms with Gasteiger partial charge in [-0.15, -0.1) is 0 Å². The van der Waals surface area contributed by atoms with Crippen LogP contribution in [-0.2, 0) is 19.1 Å². The van der Waals surface area contributed by atoms with E-state index in [1.54, 1.807) is 39.0 Å². The van der Waals surface area contributed by atoms with Gasteiger partial charge in [-0.1, -0.05) is 0 Å². The Balaban J connectivity index is 2.22. The van der Waals surface area contributed by atoms with Crippen LogP contribution in [0.25, 0.3) is 0 Å². The molecular formula is C24H33F3N4O4. The summed E-state index contributed by atoms with van der Waals surface area (Å²) in [4.78, 5) is 30.4. The number of unbranched alkanes of at least 4 members (excludes halogenated alkanes) is 1. The molecule has 2 atom stereocenters. The number of likely N-dealkylation sites (N-methyl/N-ethyl adjacent to an activating group) is 1. The predicted octanol–water partition coefficient (Wildman–Crippen LogP) is 4.00. The number of anilines is 1. The lowest BCUT2D eigenvalue weighted by Crippen LogP contribution is -2.42. The fourth-order valence-electron chi connectivity index (χ4n) is 3.77. The largest absolute Gasteiger partial charge is 0.469 e. The molecular weight excluding hydrogens is 465 g/mol. The molecule has 0 radical (unpaired) electrons. The van der Waals surface area contributed by atoms with E-state index in [9.17, 15) is 22.8 Å². The number of halogens is 3. The summed E-state index contributed by atoms with van der Waals surface area (Å²) in [5, 5.41) is 5.59. The molecule has 0 aliphatic carbocycles. The van der Waals surface area contributed by atoms with Gasteiger partial charge in [0.05, 0.1) is 12.1 Å². The average molecular weight is 499 g/mol. The number of aromatic nitrogens is 1. The standard InChI is InChI=1S/C24H33F3N4O4/c1-15-12-18(13-21(28-15)30-17(3)32)16(2)29-23(33)19-9-10-22(35-14-24(25,26)27)31(4)20(19)8-6-7-11-34-5/h9-10,12-13,16,20H,6-8,11,14H2,1-5H3,(H,29,33)(H,28,30,32). The third kappa shape index (κ3) is 8.89. The Kier molecular flexibility index (Phi) is 10.1. The second-order valence-electron chi connectivity index (χ2n) is 8.45. The molecule has 2 heterocycles. The van der Waals surface area contributed by atoms with Crippen molar-refractivity contribution in [3.05, 3.63) is 47.0 Å². The summed E-state index contributed by atoms with van der Waals surface area (Å²) in [6.45, 7) is 4.10. The van der Waals surface area contributed by atoms with Crippen molar-refractivity contribution in [2.45, 2.75) is 58.3 Å². The summed E-state index contributed by atoms with van der Waals surface area (Å²) in [5.74, 6) is -0.167. The number of carbonyl (C=O) groups is 2. The molecule has 0 saturated heterocycles. The summed E-state index contributed by atoms with van der Waals surface area (Å²) in [6, 6.07) is 2.61. The van der Waals surface area contributed by atoms with E-state index >= 15 is 0 Å². The van der Waals surface area contributed by atoms with Crippen molar-refractivity contribution in [3.63, 3.8) is 0 Å². The number of amides is 2. The molecule has 2 rings (SSSR count). The highest BCUT2D eigenvalue weighted by Gasteiger charge is 2.33. The Morgan fingerprint density at radius 1 is 1.23 bits per heavy atom. The summed E-state index contributed by atoms with van der Waals surface area (Å²) in [7, 11) is 3.20. The van der Waals surface area contributed by atoms with Gasteiger partial charge < -0.3 is 25.0 Å². The van der Waals surface area contributed by atoms with Crippen molar-refractivity contribution in [2.75, 3.05) is 32.7 Å². The third-order valence-electron chi connectivity index (χ3n) is 5.43. The molecule has 0 bridgehead atoms. The van der Waals surface area contributed by atoms with Gasteiger partial charge in [-0.2, -0.15) is 13.2 Å². The van der Waals surface area contributed by atoms with Crippen molar-refractivity contribution in [1.29, 1.82) is 0 Å². The van der Waals surface area contributed by atoms with Crippen LogP contribution in [0.4, 0.5) is 19.0 Å². The molecule has 194 valence electrons. The maximum atomic E-state index is 13.2. The quantitative estimate of drug-likeness (QED) is 0.448. The van der Waals surface area contributed by atoms with Gasteiger partial charge in [-0.25, -0.2) is 4.98 Å². The first-order valence-corrected chi connectivity index (χ1v) is 11.3. The van der Waals surface area contributed by atoms with Crippen LogP contribution in [0.2, 0.25) is 0 Å². The van der Waals surface area contributed by atoms with Crippen LogP contribution >= 0.6 is 0 Å². The number of carbonyl (C=O) groups excluding carboxylic acids is 2. The summed E-state index contributed by atoms with van der Waals surface area (Å²) < 4.78 is 48.0. The van der Waals surface area contributed by atoms with Gasteiger partial charge in [0.15, 0.2) is 12.5 Å². The third-order valence-corrected chi connectivity index (χ3v) is 5.43. The maximum Gasteiger partial charge on any atom is 0.422 e. The monoisotopic (exact) mass is 498 g/mol. The minimum absolute atomic E-state index is 0.0494. The number of nitrogens with one attached hydrogen (secondary N) is 2. The lowest BCUT2D eigenvalue weighted by atomic mass is 9.95. The van der Waals surface area contributed by atoms with Crippen molar-refractivity contribution in [2.24, 2.45) is 0 Å². The first kappa shape index (κ1) is 28.2. The Morgan fingerprint density at radius 2 is 1.94 bits per heavy atom. The molecule has 0 fully saturated rings. The van der Waals surface area contributed by atoms with Gasteiger partial charge in [-0.3, -0.25) is 9.59 Å². The van der Waals surface area contributed by atoms with Crippen molar-refractivity contribution >= 4 is 17.6 Å². The molecule has 1 aromatic heterocycles. The molecule has 1 aliphatic rings. The van der Waals surface area contributed by atoms with Crippen LogP contribution in [-0.4, -0.2) is 61.3 Å². The van der Waals surface area contributed by atoms with Crippen LogP contribution in [0.3, 0.4) is 0 Å². The van der Waals surface area contributed by atoms with Crippen molar-refractivity contribution in [3.8, 4) is 0 Å². The molecule has 0 aromatic carbocycles. The minimum Gasteiger partial charge on any atom is -0.469 e. The second kappa shape index (κ2) is 12.6. The number of rotatable bonds is 11. The van der Waals surface area contributed by atoms with Crippen LogP contribution in [0.5, 0.6) is 0 Å². The molecule has 1 aromatic rings. The lowest BCUT2D eigenvalue weighted by molar-refractivity contribution is -0.170. The van der Waals surface area contributed by atoms with Gasteiger partial charge in [0.2, 0.25) is 11.8 Å². The van der Waals surface area contributed by atoms with Crippen LogP contribution in [0.1, 0.15) is 50.4 Å². The SMILES string of the molecule is COCCCCC1C(C(=O)NC(C)c2cc(C)nc(NC(C)=O)c2)=CC=C(OCC(F)(F)F)N1C. The number of pyridine rings is 1. The molecule has 0 saturated carbocycles. The highest BCUT2D eigenvalue weighted by Crippen LogP contribution is 2.28. The van der Waals surface area contributed by atoms with Crippen LogP contribution in [0.15, 0.2) is 35.7 Å². The van der Waals surface area contributed by atoms with Crippen molar-refractivity contribution in [1.82, 2.24) is 15.2 Å².